The van der Waals surface area contributed by atoms with Crippen molar-refractivity contribution in [2.45, 2.75) is 18.9 Å². The number of nitrogens with one attached hydrogen (secondary N) is 1. The molecule has 2 aromatic heterocycles. The summed E-state index contributed by atoms with van der Waals surface area (Å²) in [5.74, 6) is -0.0107. The third kappa shape index (κ3) is 2.26. The van der Waals surface area contributed by atoms with Crippen molar-refractivity contribution in [2.24, 2.45) is 7.05 Å². The highest BCUT2D eigenvalue weighted by Gasteiger charge is 2.21. The smallest absolute Gasteiger partial charge is 0.268 e. The van der Waals surface area contributed by atoms with E-state index in [1.54, 1.807) is 12.3 Å². The van der Waals surface area contributed by atoms with E-state index in [1.165, 1.54) is 0 Å². The first kappa shape index (κ1) is 12.3. The molecule has 0 spiro atoms. The van der Waals surface area contributed by atoms with Gasteiger partial charge in [0.2, 0.25) is 0 Å². The van der Waals surface area contributed by atoms with Crippen molar-refractivity contribution in [1.29, 1.82) is 0 Å². The molecule has 1 aliphatic heterocycles. The number of rotatable bonds is 2. The number of piperidine rings is 1. The Morgan fingerprint density at radius 3 is 2.79 bits per heavy atom. The van der Waals surface area contributed by atoms with Gasteiger partial charge < -0.3 is 19.2 Å². The van der Waals surface area contributed by atoms with Gasteiger partial charge >= 0.3 is 0 Å². The second-order valence-electron chi connectivity index (χ2n) is 5.31. The number of nitrogens with zero attached hydrogens (tertiary/aromatic N) is 2. The molecule has 0 aromatic carbocycles. The fourth-order valence-corrected chi connectivity index (χ4v) is 2.68. The lowest BCUT2D eigenvalue weighted by atomic mass is 10.1. The van der Waals surface area contributed by atoms with Gasteiger partial charge in [0.15, 0.2) is 5.58 Å². The van der Waals surface area contributed by atoms with Gasteiger partial charge in [-0.1, -0.05) is 0 Å². The molecule has 1 aliphatic rings. The fraction of sp³-hybridized carbons (Fsp3) is 0.500. The summed E-state index contributed by atoms with van der Waals surface area (Å²) in [4.78, 5) is 14.6. The molecule has 102 valence electrons. The minimum Gasteiger partial charge on any atom is -0.463 e. The van der Waals surface area contributed by atoms with Gasteiger partial charge in [-0.25, -0.2) is 0 Å². The summed E-state index contributed by atoms with van der Waals surface area (Å²) in [6.07, 6.45) is 3.68. The number of furan rings is 1. The highest BCUT2D eigenvalue weighted by Crippen LogP contribution is 2.20. The number of carbonyl (C=O) groups excluding carboxylic acids is 1. The molecule has 0 aliphatic carbocycles. The fourth-order valence-electron chi connectivity index (χ4n) is 2.68. The van der Waals surface area contributed by atoms with Gasteiger partial charge in [-0.15, -0.1) is 0 Å². The number of hydrogen-bond donors (Lipinski definition) is 1. The average molecular weight is 261 g/mol. The molecule has 1 saturated heterocycles. The first-order valence-electron chi connectivity index (χ1n) is 6.67. The predicted octanol–water partition coefficient (Wildman–Crippen LogP) is 1.60. The van der Waals surface area contributed by atoms with Gasteiger partial charge in [-0.3, -0.25) is 4.79 Å². The monoisotopic (exact) mass is 261 g/mol. The largest absolute Gasteiger partial charge is 0.463 e. The van der Waals surface area contributed by atoms with Crippen LogP contribution in [0.2, 0.25) is 0 Å². The van der Waals surface area contributed by atoms with Gasteiger partial charge in [-0.05, 0) is 33.0 Å². The quantitative estimate of drug-likeness (QED) is 0.893. The van der Waals surface area contributed by atoms with Gasteiger partial charge in [-0.2, -0.15) is 0 Å². The summed E-state index contributed by atoms with van der Waals surface area (Å²) in [5.41, 5.74) is 2.37. The zero-order valence-corrected chi connectivity index (χ0v) is 11.3. The molecule has 0 unspecified atom stereocenters. The number of amides is 1. The number of aryl methyl sites for hydroxylation is 1. The normalized spacial score (nSPS) is 18.0. The minimum atomic E-state index is -0.0107. The van der Waals surface area contributed by atoms with Crippen LogP contribution in [0.4, 0.5) is 0 Å². The molecule has 2 aromatic rings. The second-order valence-corrected chi connectivity index (χ2v) is 5.31. The number of hydrogen-bond acceptors (Lipinski definition) is 3. The second kappa shape index (κ2) is 4.74. The summed E-state index contributed by atoms with van der Waals surface area (Å²) in [6, 6.07) is 3.96. The van der Waals surface area contributed by atoms with E-state index in [9.17, 15) is 4.79 Å². The van der Waals surface area contributed by atoms with Crippen molar-refractivity contribution in [2.75, 3.05) is 20.1 Å². The Labute approximate surface area is 112 Å². The first-order chi connectivity index (χ1) is 9.15. The minimum absolute atomic E-state index is 0.0107. The van der Waals surface area contributed by atoms with Crippen LogP contribution >= 0.6 is 0 Å². The van der Waals surface area contributed by atoms with Gasteiger partial charge in [0.25, 0.3) is 5.91 Å². The summed E-state index contributed by atoms with van der Waals surface area (Å²) in [5, 5.41) is 3.12. The number of carbonyl (C=O) groups is 1. The van der Waals surface area contributed by atoms with Crippen molar-refractivity contribution in [1.82, 2.24) is 14.8 Å². The molecule has 19 heavy (non-hydrogen) atoms. The molecule has 3 heterocycles. The highest BCUT2D eigenvalue weighted by molar-refractivity contribution is 5.97. The predicted molar refractivity (Wildman–Crippen MR) is 73.2 cm³/mol. The summed E-state index contributed by atoms with van der Waals surface area (Å²) < 4.78 is 7.20. The maximum atomic E-state index is 12.3. The van der Waals surface area contributed by atoms with Crippen molar-refractivity contribution in [3.05, 3.63) is 24.1 Å². The van der Waals surface area contributed by atoms with E-state index in [-0.39, 0.29) is 11.9 Å². The van der Waals surface area contributed by atoms with Crippen LogP contribution < -0.4 is 5.32 Å². The molecule has 1 N–H and O–H groups in total. The van der Waals surface area contributed by atoms with Crippen LogP contribution in [0, 0.1) is 0 Å². The number of aromatic nitrogens is 1. The van der Waals surface area contributed by atoms with Crippen molar-refractivity contribution < 1.29 is 9.21 Å². The molecule has 1 fully saturated rings. The van der Waals surface area contributed by atoms with Crippen LogP contribution in [0.15, 0.2) is 22.8 Å². The lowest BCUT2D eigenvalue weighted by molar-refractivity contribution is 0.0909. The van der Waals surface area contributed by atoms with E-state index in [2.05, 4.69) is 17.3 Å². The van der Waals surface area contributed by atoms with E-state index >= 15 is 0 Å². The average Bonchev–Trinajstić information content (AvgIpc) is 2.96. The summed E-state index contributed by atoms with van der Waals surface area (Å²) >= 11 is 0. The van der Waals surface area contributed by atoms with E-state index in [0.717, 1.165) is 37.0 Å². The van der Waals surface area contributed by atoms with Crippen molar-refractivity contribution >= 4 is 17.0 Å². The molecular weight excluding hydrogens is 242 g/mol. The van der Waals surface area contributed by atoms with Crippen molar-refractivity contribution in [3.63, 3.8) is 0 Å². The Bertz CT molecular complexity index is 591. The third-order valence-electron chi connectivity index (χ3n) is 3.95. The first-order valence-corrected chi connectivity index (χ1v) is 6.67. The third-order valence-corrected chi connectivity index (χ3v) is 3.95. The maximum absolute atomic E-state index is 12.3. The van der Waals surface area contributed by atoms with E-state index < -0.39 is 0 Å². The van der Waals surface area contributed by atoms with Crippen LogP contribution in [0.25, 0.3) is 11.1 Å². The van der Waals surface area contributed by atoms with Crippen LogP contribution in [0.1, 0.15) is 23.3 Å². The molecule has 1 amide bonds. The SMILES string of the molecule is CN1CCC(NC(=O)c2cc3occc3n2C)CC1. The summed E-state index contributed by atoms with van der Waals surface area (Å²) in [7, 11) is 4.00. The highest BCUT2D eigenvalue weighted by atomic mass is 16.3. The molecule has 0 radical (unpaired) electrons. The molecular formula is C14H19N3O2. The Morgan fingerprint density at radius 2 is 2.11 bits per heavy atom. The summed E-state index contributed by atoms with van der Waals surface area (Å²) in [6.45, 7) is 2.08. The molecule has 0 bridgehead atoms. The number of fused-ring (bicyclic) bond motifs is 1. The molecule has 5 heteroatoms. The Kier molecular flexibility index (Phi) is 3.06. The lowest BCUT2D eigenvalue weighted by Gasteiger charge is -2.29. The lowest BCUT2D eigenvalue weighted by Crippen LogP contribution is -2.43. The van der Waals surface area contributed by atoms with Crippen LogP contribution in [0.3, 0.4) is 0 Å². The zero-order chi connectivity index (χ0) is 13.4. The van der Waals surface area contributed by atoms with Gasteiger partial charge in [0, 0.05) is 25.2 Å². The van der Waals surface area contributed by atoms with E-state index in [0.29, 0.717) is 5.69 Å². The van der Waals surface area contributed by atoms with Crippen LogP contribution in [-0.4, -0.2) is 41.6 Å². The molecule has 5 nitrogen and oxygen atoms in total. The topological polar surface area (TPSA) is 50.4 Å². The van der Waals surface area contributed by atoms with Gasteiger partial charge in [0.05, 0.1) is 11.8 Å². The molecule has 0 atom stereocenters. The van der Waals surface area contributed by atoms with E-state index in [1.807, 2.05) is 17.7 Å². The maximum Gasteiger partial charge on any atom is 0.268 e. The van der Waals surface area contributed by atoms with Gasteiger partial charge in [0.1, 0.15) is 5.69 Å². The number of likely N-dealkylation sites (tertiary alicyclic amines) is 1. The van der Waals surface area contributed by atoms with Crippen molar-refractivity contribution in [3.8, 4) is 0 Å². The Hall–Kier alpha value is -1.75. The molecule has 3 rings (SSSR count). The standard InChI is InChI=1S/C14H19N3O2/c1-16-6-3-10(4-7-16)15-14(18)12-9-13-11(17(12)2)5-8-19-13/h5,8-10H,3-4,6-7H2,1-2H3,(H,15,18). The Morgan fingerprint density at radius 1 is 1.37 bits per heavy atom. The Balaban J connectivity index is 1.73. The van der Waals surface area contributed by atoms with Crippen LogP contribution in [0.5, 0.6) is 0 Å². The molecule has 0 saturated carbocycles. The van der Waals surface area contributed by atoms with Crippen LogP contribution in [-0.2, 0) is 7.05 Å². The van der Waals surface area contributed by atoms with E-state index in [4.69, 9.17) is 4.42 Å². The zero-order valence-electron chi connectivity index (χ0n) is 11.3.